The van der Waals surface area contributed by atoms with E-state index in [1.165, 1.54) is 0 Å². The van der Waals surface area contributed by atoms with Crippen molar-refractivity contribution in [3.8, 4) is 0 Å². The number of hydrogen-bond acceptors (Lipinski definition) is 8. The summed E-state index contributed by atoms with van der Waals surface area (Å²) in [7, 11) is 0. The highest BCUT2D eigenvalue weighted by Crippen LogP contribution is 2.27. The van der Waals surface area contributed by atoms with Crippen LogP contribution < -0.4 is 10.6 Å². The van der Waals surface area contributed by atoms with Crippen LogP contribution in [0.1, 0.15) is 67.2 Å². The second-order valence-electron chi connectivity index (χ2n) is 10.5. The standard InChI is InChI=1S/C11H19NO5.C11H17NO5/c2*1-11(2,3)17-10(16)12-8-5-6(13)4-7(8)9(14)15/h6-8,13H,4-5H2,1-3H3,(H,12,16)(H,14,15);7-8H,4-5H2,1-3H3,(H,12,16)(H,14,15)/t6-,7+,8-;7-,8+/m01/s1. The lowest BCUT2D eigenvalue weighted by Crippen LogP contribution is -2.42. The highest BCUT2D eigenvalue weighted by atomic mass is 16.6. The number of rotatable bonds is 4. The first kappa shape index (κ1) is 29.1. The fourth-order valence-electron chi connectivity index (χ4n) is 3.63. The van der Waals surface area contributed by atoms with Gasteiger partial charge in [0.25, 0.3) is 0 Å². The number of aliphatic hydroxyl groups excluding tert-OH is 1. The fraction of sp³-hybridized carbons (Fsp3) is 0.773. The van der Waals surface area contributed by atoms with E-state index in [4.69, 9.17) is 19.7 Å². The maximum Gasteiger partial charge on any atom is 0.407 e. The predicted octanol–water partition coefficient (Wildman–Crippen LogP) is 1.68. The summed E-state index contributed by atoms with van der Waals surface area (Å²) < 4.78 is 10.0. The topological polar surface area (TPSA) is 189 Å². The van der Waals surface area contributed by atoms with E-state index in [0.717, 1.165) is 0 Å². The van der Waals surface area contributed by atoms with Gasteiger partial charge in [0.1, 0.15) is 17.0 Å². The van der Waals surface area contributed by atoms with Crippen LogP contribution in [0.4, 0.5) is 9.59 Å². The third kappa shape index (κ3) is 10.4. The van der Waals surface area contributed by atoms with E-state index >= 15 is 0 Å². The van der Waals surface area contributed by atoms with Gasteiger partial charge in [-0.15, -0.1) is 0 Å². The van der Waals surface area contributed by atoms with E-state index in [1.807, 2.05) is 0 Å². The van der Waals surface area contributed by atoms with Crippen LogP contribution in [0.25, 0.3) is 0 Å². The average Bonchev–Trinajstić information content (AvgIpc) is 3.14. The summed E-state index contributed by atoms with van der Waals surface area (Å²) in [6, 6.07) is -1.24. The van der Waals surface area contributed by atoms with Crippen molar-refractivity contribution >= 4 is 29.9 Å². The second-order valence-corrected chi connectivity index (χ2v) is 10.5. The number of aliphatic hydroxyl groups is 1. The van der Waals surface area contributed by atoms with Crippen LogP contribution in [0.3, 0.4) is 0 Å². The Kier molecular flexibility index (Phi) is 9.85. The summed E-state index contributed by atoms with van der Waals surface area (Å²) in [4.78, 5) is 55.9. The SMILES string of the molecule is CC(C)(C)OC(=O)N[C@H]1CC(=O)C[C@H]1C(=O)O.CC(C)(C)OC(=O)N[C@H]1C[C@@H](O)C[C@H]1C(=O)O. The zero-order chi connectivity index (χ0) is 26.4. The smallest absolute Gasteiger partial charge is 0.407 e. The van der Waals surface area contributed by atoms with Gasteiger partial charge in [0.2, 0.25) is 0 Å². The number of ketones is 1. The highest BCUT2D eigenvalue weighted by molar-refractivity contribution is 5.89. The number of carboxylic acids is 2. The van der Waals surface area contributed by atoms with Crippen LogP contribution >= 0.6 is 0 Å². The number of Topliss-reactive ketones (excluding diaryl/α,β-unsaturated/α-hetero) is 1. The molecule has 2 aliphatic rings. The molecule has 0 aromatic rings. The molecule has 12 heteroatoms. The molecule has 2 amide bonds. The molecule has 0 unspecified atom stereocenters. The van der Waals surface area contributed by atoms with E-state index in [9.17, 15) is 29.1 Å². The maximum absolute atomic E-state index is 11.5. The van der Waals surface area contributed by atoms with Gasteiger partial charge < -0.3 is 35.4 Å². The molecule has 2 fully saturated rings. The van der Waals surface area contributed by atoms with Gasteiger partial charge in [-0.1, -0.05) is 0 Å². The molecule has 0 aliphatic heterocycles. The van der Waals surface area contributed by atoms with E-state index in [0.29, 0.717) is 0 Å². The van der Waals surface area contributed by atoms with Gasteiger partial charge in [-0.25, -0.2) is 9.59 Å². The Morgan fingerprint density at radius 1 is 0.765 bits per heavy atom. The minimum Gasteiger partial charge on any atom is -0.481 e. The fourth-order valence-corrected chi connectivity index (χ4v) is 3.63. The summed E-state index contributed by atoms with van der Waals surface area (Å²) in [6.45, 7) is 10.3. The monoisotopic (exact) mass is 488 g/mol. The van der Waals surface area contributed by atoms with Gasteiger partial charge in [-0.05, 0) is 54.4 Å². The Morgan fingerprint density at radius 3 is 1.62 bits per heavy atom. The van der Waals surface area contributed by atoms with Crippen LogP contribution in [0.2, 0.25) is 0 Å². The van der Waals surface area contributed by atoms with Crippen molar-refractivity contribution in [1.29, 1.82) is 0 Å². The molecule has 2 aliphatic carbocycles. The van der Waals surface area contributed by atoms with Crippen molar-refractivity contribution in [3.05, 3.63) is 0 Å². The molecule has 0 bridgehead atoms. The molecular formula is C22H36N2O10. The van der Waals surface area contributed by atoms with Gasteiger partial charge in [0.05, 0.1) is 24.0 Å². The van der Waals surface area contributed by atoms with E-state index in [2.05, 4.69) is 10.6 Å². The third-order valence-corrected chi connectivity index (χ3v) is 4.96. The minimum absolute atomic E-state index is 0.0319. The number of ether oxygens (including phenoxy) is 2. The normalized spacial score (nSPS) is 26.7. The van der Waals surface area contributed by atoms with E-state index < -0.39 is 65.4 Å². The minimum atomic E-state index is -1.07. The quantitative estimate of drug-likeness (QED) is 0.389. The van der Waals surface area contributed by atoms with Crippen molar-refractivity contribution in [1.82, 2.24) is 10.6 Å². The molecule has 0 spiro atoms. The molecule has 194 valence electrons. The van der Waals surface area contributed by atoms with Crippen LogP contribution in [-0.4, -0.2) is 74.6 Å². The van der Waals surface area contributed by atoms with Crippen LogP contribution in [0, 0.1) is 11.8 Å². The number of carbonyl (C=O) groups excluding carboxylic acids is 3. The summed E-state index contributed by atoms with van der Waals surface area (Å²) in [5.74, 6) is -3.84. The lowest BCUT2D eigenvalue weighted by molar-refractivity contribution is -0.143. The molecule has 0 heterocycles. The first-order valence-electron chi connectivity index (χ1n) is 11.0. The second kappa shape index (κ2) is 11.5. The number of amides is 2. The molecule has 12 nitrogen and oxygen atoms in total. The summed E-state index contributed by atoms with van der Waals surface area (Å²) in [5.41, 5.74) is -1.27. The lowest BCUT2D eigenvalue weighted by Gasteiger charge is -2.23. The van der Waals surface area contributed by atoms with Crippen LogP contribution in [0.5, 0.6) is 0 Å². The highest BCUT2D eigenvalue weighted by Gasteiger charge is 2.40. The zero-order valence-corrected chi connectivity index (χ0v) is 20.4. The Balaban J connectivity index is 0.000000340. The van der Waals surface area contributed by atoms with Gasteiger partial charge in [0.15, 0.2) is 0 Å². The molecule has 0 radical (unpaired) electrons. The number of hydrogen-bond donors (Lipinski definition) is 5. The number of carbonyl (C=O) groups is 5. The van der Waals surface area contributed by atoms with Crippen LogP contribution in [0.15, 0.2) is 0 Å². The number of aliphatic carboxylic acids is 2. The average molecular weight is 489 g/mol. The van der Waals surface area contributed by atoms with Crippen molar-refractivity contribution in [3.63, 3.8) is 0 Å². The predicted molar refractivity (Wildman–Crippen MR) is 118 cm³/mol. The Labute approximate surface area is 198 Å². The van der Waals surface area contributed by atoms with Crippen molar-refractivity contribution in [2.24, 2.45) is 11.8 Å². The molecule has 34 heavy (non-hydrogen) atoms. The molecule has 2 saturated carbocycles. The van der Waals surface area contributed by atoms with Gasteiger partial charge in [-0.2, -0.15) is 0 Å². The summed E-state index contributed by atoms with van der Waals surface area (Å²) in [6.07, 6.45) is -1.60. The van der Waals surface area contributed by atoms with Gasteiger partial charge >= 0.3 is 24.1 Å². The zero-order valence-electron chi connectivity index (χ0n) is 20.4. The number of carboxylic acid groups (broad SMARTS) is 2. The number of alkyl carbamates (subject to hydrolysis) is 2. The molecule has 5 atom stereocenters. The molecule has 0 saturated heterocycles. The Bertz CT molecular complexity index is 784. The van der Waals surface area contributed by atoms with Gasteiger partial charge in [-0.3, -0.25) is 14.4 Å². The lowest BCUT2D eigenvalue weighted by atomic mass is 10.0. The van der Waals surface area contributed by atoms with Crippen molar-refractivity contribution in [2.75, 3.05) is 0 Å². The summed E-state index contributed by atoms with van der Waals surface area (Å²) >= 11 is 0. The van der Waals surface area contributed by atoms with Gasteiger partial charge in [0, 0.05) is 18.9 Å². The largest absolute Gasteiger partial charge is 0.481 e. The first-order valence-corrected chi connectivity index (χ1v) is 11.0. The summed E-state index contributed by atoms with van der Waals surface area (Å²) in [5, 5.41) is 32.2. The van der Waals surface area contributed by atoms with Crippen molar-refractivity contribution in [2.45, 2.75) is 96.6 Å². The molecule has 5 N–H and O–H groups in total. The molecule has 0 aromatic heterocycles. The van der Waals surface area contributed by atoms with E-state index in [-0.39, 0.29) is 31.5 Å². The first-order chi connectivity index (χ1) is 15.4. The Morgan fingerprint density at radius 2 is 1.21 bits per heavy atom. The molecular weight excluding hydrogens is 452 g/mol. The molecule has 2 rings (SSSR count). The van der Waals surface area contributed by atoms with E-state index in [1.54, 1.807) is 41.5 Å². The molecule has 0 aromatic carbocycles. The number of nitrogens with one attached hydrogen (secondary N) is 2. The van der Waals surface area contributed by atoms with Crippen LogP contribution in [-0.2, 0) is 23.9 Å². The Hall–Kier alpha value is -2.89. The van der Waals surface area contributed by atoms with Crippen molar-refractivity contribution < 1.29 is 48.8 Å². The maximum atomic E-state index is 11.5. The third-order valence-electron chi connectivity index (χ3n) is 4.96.